The second-order valence-electron chi connectivity index (χ2n) is 9.94. The Labute approximate surface area is 209 Å². The number of alkyl halides is 2. The van der Waals surface area contributed by atoms with Crippen LogP contribution in [-0.4, -0.2) is 50.7 Å². The molecule has 7 nitrogen and oxygen atoms in total. The van der Waals surface area contributed by atoms with Gasteiger partial charge in [0.15, 0.2) is 0 Å². The number of halogens is 2. The van der Waals surface area contributed by atoms with E-state index in [1.54, 1.807) is 36.2 Å². The van der Waals surface area contributed by atoms with Gasteiger partial charge in [-0.2, -0.15) is 0 Å². The molecule has 0 saturated carbocycles. The minimum Gasteiger partial charge on any atom is -0.399 e. The summed E-state index contributed by atoms with van der Waals surface area (Å²) in [6.07, 6.45) is 1.90. The zero-order valence-corrected chi connectivity index (χ0v) is 20.7. The van der Waals surface area contributed by atoms with E-state index < -0.39 is 24.4 Å². The Hall–Kier alpha value is -3.59. The van der Waals surface area contributed by atoms with Crippen LogP contribution in [0, 0.1) is 20.8 Å². The zero-order valence-electron chi connectivity index (χ0n) is 20.7. The molecular formula is C27H30F2N6O. The zero-order chi connectivity index (χ0) is 25.6. The molecular weight excluding hydrogens is 462 g/mol. The van der Waals surface area contributed by atoms with Crippen LogP contribution in [0.3, 0.4) is 0 Å². The van der Waals surface area contributed by atoms with Crippen LogP contribution < -0.4 is 11.1 Å². The van der Waals surface area contributed by atoms with Gasteiger partial charge >= 0.3 is 0 Å². The smallest absolute Gasteiger partial charge is 0.280 e. The van der Waals surface area contributed by atoms with Gasteiger partial charge in [-0.15, -0.1) is 0 Å². The predicted octanol–water partition coefficient (Wildman–Crippen LogP) is 4.59. The highest BCUT2D eigenvalue weighted by Gasteiger charge is 2.49. The molecule has 2 aliphatic heterocycles. The molecule has 188 valence electrons. The molecule has 0 aliphatic carbocycles. The van der Waals surface area contributed by atoms with Crippen molar-refractivity contribution >= 4 is 23.2 Å². The maximum Gasteiger partial charge on any atom is 0.280 e. The Bertz CT molecular complexity index is 1310. The lowest BCUT2D eigenvalue weighted by Gasteiger charge is -2.42. The van der Waals surface area contributed by atoms with Crippen molar-refractivity contribution in [2.75, 3.05) is 24.1 Å². The third-order valence-corrected chi connectivity index (χ3v) is 6.96. The first-order valence-electron chi connectivity index (χ1n) is 12.1. The van der Waals surface area contributed by atoms with Crippen molar-refractivity contribution in [2.45, 2.75) is 52.2 Å². The molecule has 1 amide bonds. The van der Waals surface area contributed by atoms with Crippen LogP contribution in [0.2, 0.25) is 0 Å². The van der Waals surface area contributed by atoms with Crippen molar-refractivity contribution < 1.29 is 13.6 Å². The molecule has 1 atom stereocenters. The summed E-state index contributed by atoms with van der Waals surface area (Å²) in [7, 11) is 0. The van der Waals surface area contributed by atoms with Gasteiger partial charge in [-0.3, -0.25) is 9.69 Å². The highest BCUT2D eigenvalue weighted by Crippen LogP contribution is 2.36. The third kappa shape index (κ3) is 4.75. The largest absolute Gasteiger partial charge is 0.399 e. The number of nitrogens with one attached hydrogen (secondary N) is 1. The maximum atomic E-state index is 15.4. The van der Waals surface area contributed by atoms with Crippen LogP contribution in [0.4, 0.5) is 26.1 Å². The fraction of sp³-hybridized carbons (Fsp3) is 0.370. The Morgan fingerprint density at radius 3 is 2.56 bits per heavy atom. The number of aromatic nitrogens is 2. The average Bonchev–Trinajstić information content (AvgIpc) is 3.22. The number of likely N-dealkylation sites (tertiary alicyclic amines) is 1. The number of nitrogen functional groups attached to an aromatic ring is 1. The summed E-state index contributed by atoms with van der Waals surface area (Å²) in [5.74, 6) is -2.99. The quantitative estimate of drug-likeness (QED) is 0.518. The highest BCUT2D eigenvalue weighted by atomic mass is 19.3. The molecule has 36 heavy (non-hydrogen) atoms. The van der Waals surface area contributed by atoms with Crippen LogP contribution in [0.5, 0.6) is 0 Å². The SMILES string of the molecule is Cc1cc(C)cc(Nc2ncc3c(n2)CN(C2CCN(C(=O)c4ccc(N)c(C)c4)CC2(F)F)C3)c1. The molecule has 0 spiro atoms. The van der Waals surface area contributed by atoms with E-state index in [1.165, 1.54) is 4.90 Å². The number of fused-ring (bicyclic) bond motifs is 1. The molecule has 3 aromatic rings. The number of hydrogen-bond acceptors (Lipinski definition) is 6. The van der Waals surface area contributed by atoms with Crippen LogP contribution in [-0.2, 0) is 13.1 Å². The molecule has 9 heteroatoms. The number of piperidine rings is 1. The number of anilines is 3. The summed E-state index contributed by atoms with van der Waals surface area (Å²) in [6, 6.07) is 10.0. The summed E-state index contributed by atoms with van der Waals surface area (Å²) in [5.41, 5.74) is 12.3. The second kappa shape index (κ2) is 9.13. The predicted molar refractivity (Wildman–Crippen MR) is 135 cm³/mol. The Kier molecular flexibility index (Phi) is 6.12. The van der Waals surface area contributed by atoms with E-state index in [0.717, 1.165) is 33.6 Å². The van der Waals surface area contributed by atoms with Gasteiger partial charge in [0.25, 0.3) is 11.8 Å². The second-order valence-corrected chi connectivity index (χ2v) is 9.94. The molecule has 1 unspecified atom stereocenters. The molecule has 5 rings (SSSR count). The first-order valence-corrected chi connectivity index (χ1v) is 12.1. The Morgan fingerprint density at radius 2 is 1.86 bits per heavy atom. The fourth-order valence-corrected chi connectivity index (χ4v) is 5.18. The van der Waals surface area contributed by atoms with E-state index in [1.807, 2.05) is 26.0 Å². The molecule has 2 aromatic carbocycles. The standard InChI is InChI=1S/C27H30F2N6O/c1-16-8-17(2)10-21(9-16)32-26-31-12-20-13-35(14-23(20)33-26)24-6-7-34(15-27(24,28)29)25(36)19-4-5-22(30)18(3)11-19/h4-5,8-12,24H,6-7,13-15,30H2,1-3H3,(H,31,32,33). The summed E-state index contributed by atoms with van der Waals surface area (Å²) < 4.78 is 30.7. The van der Waals surface area contributed by atoms with E-state index in [2.05, 4.69) is 21.4 Å². The van der Waals surface area contributed by atoms with Gasteiger partial charge in [0, 0.05) is 48.3 Å². The number of rotatable bonds is 4. The number of nitrogens with zero attached hydrogens (tertiary/aromatic N) is 4. The molecule has 1 saturated heterocycles. The lowest BCUT2D eigenvalue weighted by Crippen LogP contribution is -2.58. The van der Waals surface area contributed by atoms with Crippen LogP contribution in [0.15, 0.2) is 42.6 Å². The van der Waals surface area contributed by atoms with Gasteiger partial charge < -0.3 is 16.0 Å². The lowest BCUT2D eigenvalue weighted by molar-refractivity contribution is -0.121. The first kappa shape index (κ1) is 24.1. The van der Waals surface area contributed by atoms with Crippen molar-refractivity contribution in [1.29, 1.82) is 0 Å². The molecule has 1 fully saturated rings. The summed E-state index contributed by atoms with van der Waals surface area (Å²) in [6.45, 7) is 6.18. The van der Waals surface area contributed by atoms with Crippen molar-refractivity contribution in [3.05, 3.63) is 76.1 Å². The van der Waals surface area contributed by atoms with Gasteiger partial charge in [-0.05, 0) is 74.2 Å². The number of aryl methyl sites for hydroxylation is 3. The van der Waals surface area contributed by atoms with Crippen molar-refractivity contribution in [1.82, 2.24) is 19.8 Å². The highest BCUT2D eigenvalue weighted by molar-refractivity contribution is 5.95. The minimum absolute atomic E-state index is 0.182. The molecule has 3 N–H and O–H groups in total. The number of nitrogens with two attached hydrogens (primary N) is 1. The number of amides is 1. The van der Waals surface area contributed by atoms with E-state index in [-0.39, 0.29) is 13.0 Å². The van der Waals surface area contributed by atoms with Crippen molar-refractivity contribution in [3.8, 4) is 0 Å². The van der Waals surface area contributed by atoms with Gasteiger partial charge in [-0.25, -0.2) is 18.7 Å². The molecule has 3 heterocycles. The van der Waals surface area contributed by atoms with E-state index in [4.69, 9.17) is 5.73 Å². The van der Waals surface area contributed by atoms with Gasteiger partial charge in [0.2, 0.25) is 5.95 Å². The molecule has 1 aromatic heterocycles. The van der Waals surface area contributed by atoms with E-state index in [0.29, 0.717) is 30.3 Å². The van der Waals surface area contributed by atoms with Crippen molar-refractivity contribution in [2.24, 2.45) is 0 Å². The summed E-state index contributed by atoms with van der Waals surface area (Å²) in [4.78, 5) is 24.9. The Morgan fingerprint density at radius 1 is 1.11 bits per heavy atom. The lowest BCUT2D eigenvalue weighted by atomic mass is 9.98. The third-order valence-electron chi connectivity index (χ3n) is 6.96. The van der Waals surface area contributed by atoms with Crippen molar-refractivity contribution in [3.63, 3.8) is 0 Å². The van der Waals surface area contributed by atoms with Gasteiger partial charge in [0.05, 0.1) is 18.3 Å². The summed E-state index contributed by atoms with van der Waals surface area (Å²) >= 11 is 0. The topological polar surface area (TPSA) is 87.4 Å². The van der Waals surface area contributed by atoms with E-state index >= 15 is 8.78 Å². The Balaban J connectivity index is 1.26. The number of benzene rings is 2. The number of carbonyl (C=O) groups excluding carboxylic acids is 1. The average molecular weight is 493 g/mol. The summed E-state index contributed by atoms with van der Waals surface area (Å²) in [5, 5.41) is 3.23. The van der Waals surface area contributed by atoms with Gasteiger partial charge in [-0.1, -0.05) is 6.07 Å². The first-order chi connectivity index (χ1) is 17.1. The van der Waals surface area contributed by atoms with Crippen LogP contribution in [0.1, 0.15) is 44.7 Å². The van der Waals surface area contributed by atoms with E-state index in [9.17, 15) is 4.79 Å². The monoisotopic (exact) mass is 492 g/mol. The normalized spacial score (nSPS) is 19.2. The molecule has 2 aliphatic rings. The van der Waals surface area contributed by atoms with Crippen LogP contribution in [0.25, 0.3) is 0 Å². The number of hydrogen-bond donors (Lipinski definition) is 2. The molecule has 0 bridgehead atoms. The minimum atomic E-state index is -3.05. The molecule has 0 radical (unpaired) electrons. The maximum absolute atomic E-state index is 15.4. The fourth-order valence-electron chi connectivity index (χ4n) is 5.18. The van der Waals surface area contributed by atoms with Crippen LogP contribution >= 0.6 is 0 Å². The van der Waals surface area contributed by atoms with Gasteiger partial charge in [0.1, 0.15) is 0 Å². The number of carbonyl (C=O) groups is 1.